The van der Waals surface area contributed by atoms with Crippen molar-refractivity contribution in [2.75, 3.05) is 17.7 Å². The number of fused-ring (bicyclic) bond motifs is 1. The number of para-hydroxylation sites is 1. The predicted molar refractivity (Wildman–Crippen MR) is 116 cm³/mol. The van der Waals surface area contributed by atoms with E-state index in [4.69, 9.17) is 11.3 Å². The number of methoxy groups -OCH3 is 1. The van der Waals surface area contributed by atoms with Crippen molar-refractivity contribution in [2.24, 2.45) is 7.05 Å². The summed E-state index contributed by atoms with van der Waals surface area (Å²) < 4.78 is 46.6. The van der Waals surface area contributed by atoms with Crippen LogP contribution in [0.15, 0.2) is 41.2 Å². The van der Waals surface area contributed by atoms with Crippen LogP contribution in [0.1, 0.15) is 12.0 Å². The van der Waals surface area contributed by atoms with E-state index in [9.17, 15) is 18.0 Å². The first-order valence-corrected chi connectivity index (χ1v) is 9.45. The number of nitrogens with zero attached hydrogens (tertiary/aromatic N) is 4. The van der Waals surface area contributed by atoms with Gasteiger partial charge in [0.2, 0.25) is 5.82 Å². The molecule has 0 amide bonds. The van der Waals surface area contributed by atoms with Gasteiger partial charge >= 0.3 is 0 Å². The van der Waals surface area contributed by atoms with Crippen LogP contribution in [0.5, 0.6) is 5.75 Å². The average Bonchev–Trinajstić information content (AvgIpc) is 3.07. The van der Waals surface area contributed by atoms with Gasteiger partial charge in [0.25, 0.3) is 17.8 Å². The number of rotatable bonds is 6. The van der Waals surface area contributed by atoms with Gasteiger partial charge in [0.15, 0.2) is 17.2 Å². The van der Waals surface area contributed by atoms with E-state index < -0.39 is 23.6 Å². The number of aromatic nitrogens is 4. The summed E-state index contributed by atoms with van der Waals surface area (Å²) in [5.41, 5.74) is -0.0970. The predicted octanol–water partition coefficient (Wildman–Crippen LogP) is 4.78. The van der Waals surface area contributed by atoms with Gasteiger partial charge in [0, 0.05) is 24.7 Å². The van der Waals surface area contributed by atoms with Crippen molar-refractivity contribution in [1.29, 1.82) is 0 Å². The highest BCUT2D eigenvalue weighted by molar-refractivity contribution is 5.93. The van der Waals surface area contributed by atoms with Crippen LogP contribution in [0.2, 0.25) is 0 Å². The number of anilines is 4. The van der Waals surface area contributed by atoms with Crippen molar-refractivity contribution < 1.29 is 17.9 Å². The quantitative estimate of drug-likeness (QED) is 0.362. The van der Waals surface area contributed by atoms with Gasteiger partial charge in [-0.15, -0.1) is 4.98 Å². The first-order valence-electron chi connectivity index (χ1n) is 9.45. The van der Waals surface area contributed by atoms with Crippen LogP contribution in [0, 0.1) is 12.4 Å². The minimum atomic E-state index is -2.84. The number of aryl methyl sites for hydroxylation is 1. The zero-order valence-corrected chi connectivity index (χ0v) is 17.3. The van der Waals surface area contributed by atoms with Gasteiger partial charge in [0.1, 0.15) is 11.2 Å². The lowest BCUT2D eigenvalue weighted by Crippen LogP contribution is -2.12. The summed E-state index contributed by atoms with van der Waals surface area (Å²) in [7, 11) is 2.83. The minimum Gasteiger partial charge on any atom is -0.492 e. The molecule has 0 saturated heterocycles. The molecule has 3 aromatic heterocycles. The summed E-state index contributed by atoms with van der Waals surface area (Å²) in [4.78, 5) is 23.9. The molecule has 4 rings (SSSR count). The summed E-state index contributed by atoms with van der Waals surface area (Å²) in [6.45, 7) is 7.09. The smallest absolute Gasteiger partial charge is 0.280 e. The Labute approximate surface area is 184 Å². The summed E-state index contributed by atoms with van der Waals surface area (Å²) >= 11 is 0. The third kappa shape index (κ3) is 4.03. The summed E-state index contributed by atoms with van der Waals surface area (Å²) in [5, 5.41) is 8.84. The number of nitrogens with one attached hydrogen (secondary N) is 3. The Morgan fingerprint density at radius 1 is 1.15 bits per heavy atom. The van der Waals surface area contributed by atoms with Crippen LogP contribution in [-0.4, -0.2) is 26.9 Å². The maximum Gasteiger partial charge on any atom is 0.280 e. The summed E-state index contributed by atoms with van der Waals surface area (Å²) in [5.74, 6) is -0.786. The Morgan fingerprint density at radius 2 is 1.94 bits per heavy atom. The lowest BCUT2D eigenvalue weighted by atomic mass is 10.2. The van der Waals surface area contributed by atoms with E-state index in [1.165, 1.54) is 43.1 Å². The first-order chi connectivity index (χ1) is 15.8. The van der Waals surface area contributed by atoms with Gasteiger partial charge in [-0.25, -0.2) is 18.2 Å². The van der Waals surface area contributed by atoms with Crippen molar-refractivity contribution in [3.05, 3.63) is 69.5 Å². The van der Waals surface area contributed by atoms with Gasteiger partial charge in [-0.05, 0) is 12.1 Å². The van der Waals surface area contributed by atoms with Crippen molar-refractivity contribution >= 4 is 39.9 Å². The number of benzene rings is 1. The van der Waals surface area contributed by atoms with Crippen molar-refractivity contribution in [2.45, 2.75) is 6.43 Å². The summed E-state index contributed by atoms with van der Waals surface area (Å²) in [6, 6.07) is 8.16. The Morgan fingerprint density at radius 3 is 2.64 bits per heavy atom. The van der Waals surface area contributed by atoms with E-state index in [1.807, 2.05) is 0 Å². The first kappa shape index (κ1) is 21.7. The Kier molecular flexibility index (Phi) is 5.61. The van der Waals surface area contributed by atoms with Gasteiger partial charge in [-0.1, -0.05) is 18.7 Å². The number of aromatic amines is 1. The maximum absolute atomic E-state index is 14.1. The maximum atomic E-state index is 14.1. The highest BCUT2D eigenvalue weighted by Crippen LogP contribution is 2.34. The normalized spacial score (nSPS) is 10.9. The van der Waals surface area contributed by atoms with Crippen molar-refractivity contribution in [1.82, 2.24) is 19.7 Å². The fourth-order valence-corrected chi connectivity index (χ4v) is 3.26. The van der Waals surface area contributed by atoms with Crippen LogP contribution in [-0.2, 0) is 7.05 Å². The molecular weight excluding hydrogens is 439 g/mol. The highest BCUT2D eigenvalue weighted by atomic mass is 19.3. The van der Waals surface area contributed by atoms with Crippen LogP contribution in [0.25, 0.3) is 15.9 Å². The highest BCUT2D eigenvalue weighted by Gasteiger charge is 2.19. The van der Waals surface area contributed by atoms with Gasteiger partial charge in [0.05, 0.1) is 18.5 Å². The van der Waals surface area contributed by atoms with Crippen molar-refractivity contribution in [3.63, 3.8) is 0 Å². The fraction of sp³-hybridized carbons (Fsp3) is 0.143. The number of alkyl halides is 2. The van der Waals surface area contributed by atoms with Crippen LogP contribution in [0.4, 0.5) is 42.0 Å². The SMILES string of the molecule is [C-]#[N+]c1nc(Nc2cc(Nc3cccc(F)c3OC)c3c(=O)n(C)[nH]c3n2)ccc1C(F)F. The molecule has 4 aromatic rings. The molecule has 33 heavy (non-hydrogen) atoms. The summed E-state index contributed by atoms with van der Waals surface area (Å²) in [6.07, 6.45) is -2.84. The monoisotopic (exact) mass is 455 g/mol. The fourth-order valence-electron chi connectivity index (χ4n) is 3.26. The molecule has 0 atom stereocenters. The lowest BCUT2D eigenvalue weighted by Gasteiger charge is -2.13. The Bertz CT molecular complexity index is 1460. The molecular formula is C21H16F3N7O2. The number of H-pyrrole nitrogens is 1. The molecule has 0 aliphatic carbocycles. The molecule has 3 N–H and O–H groups in total. The molecule has 1 aromatic carbocycles. The largest absolute Gasteiger partial charge is 0.492 e. The van der Waals surface area contributed by atoms with E-state index in [2.05, 4.69) is 30.5 Å². The molecule has 0 spiro atoms. The number of hydrogen-bond donors (Lipinski definition) is 3. The molecule has 3 heterocycles. The standard InChI is InChI=1S/C21H16F3N7O2/c1-25-19-10(18(23)24)7-8-14(28-19)27-15-9-13(16-20(29-15)30-31(2)21(16)32)26-12-6-4-5-11(22)17(12)33-3/h4-9,18H,2-3H3,(H3,26,27,28,29,30). The van der Waals surface area contributed by atoms with Gasteiger partial charge < -0.3 is 20.2 Å². The van der Waals surface area contributed by atoms with Crippen LogP contribution in [0.3, 0.4) is 0 Å². The minimum absolute atomic E-state index is 0.0460. The molecule has 0 bridgehead atoms. The molecule has 0 unspecified atom stereocenters. The van der Waals surface area contributed by atoms with Gasteiger partial charge in [-0.2, -0.15) is 0 Å². The molecule has 0 fully saturated rings. The third-order valence-corrected chi connectivity index (χ3v) is 4.75. The number of pyridine rings is 2. The topological polar surface area (TPSA) is 101 Å². The van der Waals surface area contributed by atoms with Crippen LogP contribution < -0.4 is 20.9 Å². The lowest BCUT2D eigenvalue weighted by molar-refractivity contribution is 0.152. The molecule has 12 heteroatoms. The molecule has 0 radical (unpaired) electrons. The molecule has 0 aliphatic rings. The van der Waals surface area contributed by atoms with E-state index >= 15 is 0 Å². The zero-order valence-electron chi connectivity index (χ0n) is 17.3. The number of halogens is 3. The van der Waals surface area contributed by atoms with Crippen molar-refractivity contribution in [3.8, 4) is 5.75 Å². The molecule has 168 valence electrons. The molecule has 9 nitrogen and oxygen atoms in total. The third-order valence-electron chi connectivity index (χ3n) is 4.75. The van der Waals surface area contributed by atoms with Crippen LogP contribution >= 0.6 is 0 Å². The van der Waals surface area contributed by atoms with Gasteiger partial charge in [-0.3, -0.25) is 14.6 Å². The second-order valence-electron chi connectivity index (χ2n) is 6.85. The Hall–Kier alpha value is -4.53. The van der Waals surface area contributed by atoms with E-state index in [1.54, 1.807) is 6.07 Å². The second kappa shape index (κ2) is 8.54. The van der Waals surface area contributed by atoms with E-state index in [-0.39, 0.29) is 45.4 Å². The second-order valence-corrected chi connectivity index (χ2v) is 6.85. The average molecular weight is 455 g/mol. The zero-order chi connectivity index (χ0) is 23.7. The number of ether oxygens (including phenoxy) is 1. The molecule has 0 aliphatic heterocycles. The van der Waals surface area contributed by atoms with E-state index in [0.717, 1.165) is 6.07 Å². The molecule has 0 saturated carbocycles. The number of hydrogen-bond acceptors (Lipinski definition) is 6. The van der Waals surface area contributed by atoms with E-state index in [0.29, 0.717) is 0 Å². The Balaban J connectivity index is 1.80.